The second kappa shape index (κ2) is 9.57. The molecule has 0 heterocycles. The summed E-state index contributed by atoms with van der Waals surface area (Å²) in [7, 11) is -2.09. The third-order valence-corrected chi connectivity index (χ3v) is 7.58. The lowest BCUT2D eigenvalue weighted by molar-refractivity contribution is 0.102. The van der Waals surface area contributed by atoms with Crippen molar-refractivity contribution in [2.75, 3.05) is 12.4 Å². The van der Waals surface area contributed by atoms with Crippen molar-refractivity contribution in [3.05, 3.63) is 94.0 Å². The van der Waals surface area contributed by atoms with Crippen LogP contribution in [0.4, 0.5) is 5.69 Å². The SMILES string of the molecule is CN(Cc1ccccc1)S(=O)(=O)c1ccc(NC(=O)c2ccc(C(C)(C)C)c(Br)c2)cc1. The predicted octanol–water partition coefficient (Wildman–Crippen LogP) is 5.82. The first-order valence-electron chi connectivity index (χ1n) is 10.2. The topological polar surface area (TPSA) is 66.5 Å². The molecule has 7 heteroatoms. The van der Waals surface area contributed by atoms with Crippen LogP contribution < -0.4 is 5.32 Å². The van der Waals surface area contributed by atoms with Gasteiger partial charge in [0.2, 0.25) is 10.0 Å². The van der Waals surface area contributed by atoms with E-state index < -0.39 is 10.0 Å². The number of rotatable bonds is 6. The summed E-state index contributed by atoms with van der Waals surface area (Å²) in [6.45, 7) is 6.61. The number of amides is 1. The lowest BCUT2D eigenvalue weighted by atomic mass is 9.86. The fourth-order valence-electron chi connectivity index (χ4n) is 3.28. The summed E-state index contributed by atoms with van der Waals surface area (Å²) >= 11 is 3.55. The van der Waals surface area contributed by atoms with E-state index in [0.717, 1.165) is 15.6 Å². The molecule has 0 bridgehead atoms. The Balaban J connectivity index is 1.71. The summed E-state index contributed by atoms with van der Waals surface area (Å²) in [5, 5.41) is 2.82. The zero-order chi connectivity index (χ0) is 23.5. The van der Waals surface area contributed by atoms with Gasteiger partial charge in [-0.15, -0.1) is 0 Å². The first-order valence-corrected chi connectivity index (χ1v) is 12.4. The molecule has 0 unspecified atom stereocenters. The zero-order valence-electron chi connectivity index (χ0n) is 18.6. The Kier molecular flexibility index (Phi) is 7.22. The lowest BCUT2D eigenvalue weighted by Crippen LogP contribution is -2.26. The van der Waals surface area contributed by atoms with E-state index in [0.29, 0.717) is 11.3 Å². The second-order valence-corrected chi connectivity index (χ2v) is 11.6. The molecule has 0 saturated carbocycles. The molecular weight excluding hydrogens is 488 g/mol. The molecule has 0 fully saturated rings. The number of benzene rings is 3. The molecule has 0 atom stereocenters. The molecule has 5 nitrogen and oxygen atoms in total. The van der Waals surface area contributed by atoms with Crippen LogP contribution in [0.1, 0.15) is 42.3 Å². The molecule has 0 aliphatic rings. The van der Waals surface area contributed by atoms with Gasteiger partial charge in [-0.25, -0.2) is 8.42 Å². The van der Waals surface area contributed by atoms with Crippen molar-refractivity contribution in [3.8, 4) is 0 Å². The Morgan fingerprint density at radius 3 is 2.16 bits per heavy atom. The van der Waals surface area contributed by atoms with Crippen LogP contribution in [0.25, 0.3) is 0 Å². The molecule has 0 aliphatic carbocycles. The fraction of sp³-hybridized carbons (Fsp3) is 0.240. The molecule has 0 radical (unpaired) electrons. The van der Waals surface area contributed by atoms with E-state index in [1.807, 2.05) is 36.4 Å². The smallest absolute Gasteiger partial charge is 0.255 e. The second-order valence-electron chi connectivity index (χ2n) is 8.67. The highest BCUT2D eigenvalue weighted by molar-refractivity contribution is 9.10. The van der Waals surface area contributed by atoms with Crippen molar-refractivity contribution in [1.29, 1.82) is 0 Å². The molecule has 3 aromatic rings. The largest absolute Gasteiger partial charge is 0.322 e. The van der Waals surface area contributed by atoms with E-state index >= 15 is 0 Å². The summed E-state index contributed by atoms with van der Waals surface area (Å²) in [6, 6.07) is 21.2. The predicted molar refractivity (Wildman–Crippen MR) is 132 cm³/mol. The Morgan fingerprint density at radius 1 is 0.969 bits per heavy atom. The van der Waals surface area contributed by atoms with Gasteiger partial charge >= 0.3 is 0 Å². The highest BCUT2D eigenvalue weighted by Crippen LogP contribution is 2.30. The number of sulfonamides is 1. The molecule has 3 aromatic carbocycles. The van der Waals surface area contributed by atoms with E-state index in [4.69, 9.17) is 0 Å². The van der Waals surface area contributed by atoms with Crippen LogP contribution in [-0.2, 0) is 22.0 Å². The van der Waals surface area contributed by atoms with Gasteiger partial charge < -0.3 is 5.32 Å². The molecule has 32 heavy (non-hydrogen) atoms. The van der Waals surface area contributed by atoms with Crippen LogP contribution in [0, 0.1) is 0 Å². The molecule has 1 N–H and O–H groups in total. The van der Waals surface area contributed by atoms with Gasteiger partial charge in [0, 0.05) is 29.3 Å². The summed E-state index contributed by atoms with van der Waals surface area (Å²) in [5.74, 6) is -0.261. The molecule has 3 rings (SSSR count). The number of halogens is 1. The third-order valence-electron chi connectivity index (χ3n) is 5.11. The maximum atomic E-state index is 12.9. The number of carbonyl (C=O) groups is 1. The lowest BCUT2D eigenvalue weighted by Gasteiger charge is -2.21. The Hall–Kier alpha value is -2.48. The molecular formula is C25H27BrN2O3S. The molecule has 168 valence electrons. The summed E-state index contributed by atoms with van der Waals surface area (Å²) in [4.78, 5) is 12.8. The minimum atomic E-state index is -3.64. The van der Waals surface area contributed by atoms with Crippen molar-refractivity contribution in [2.24, 2.45) is 0 Å². The zero-order valence-corrected chi connectivity index (χ0v) is 21.0. The van der Waals surface area contributed by atoms with Gasteiger partial charge in [-0.05, 0) is 52.9 Å². The van der Waals surface area contributed by atoms with Gasteiger partial charge in [-0.2, -0.15) is 4.31 Å². The van der Waals surface area contributed by atoms with Crippen LogP contribution in [-0.4, -0.2) is 25.7 Å². The van der Waals surface area contributed by atoms with E-state index in [2.05, 4.69) is 42.0 Å². The standard InChI is InChI=1S/C25H27BrN2O3S/c1-25(2,3)22-15-10-19(16-23(22)26)24(29)27-20-11-13-21(14-12-20)32(30,31)28(4)17-18-8-6-5-7-9-18/h5-16H,17H2,1-4H3,(H,27,29). The van der Waals surface area contributed by atoms with Crippen LogP contribution in [0.15, 0.2) is 82.2 Å². The molecule has 0 aliphatic heterocycles. The van der Waals surface area contributed by atoms with E-state index in [9.17, 15) is 13.2 Å². The normalized spacial score (nSPS) is 12.1. The molecule has 0 saturated heterocycles. The Labute approximate surface area is 198 Å². The minimum absolute atomic E-state index is 0.0389. The van der Waals surface area contributed by atoms with E-state index in [1.54, 1.807) is 31.3 Å². The summed E-state index contributed by atoms with van der Waals surface area (Å²) < 4.78 is 27.9. The van der Waals surface area contributed by atoms with Crippen LogP contribution in [0.3, 0.4) is 0 Å². The first-order chi connectivity index (χ1) is 15.0. The fourth-order valence-corrected chi connectivity index (χ4v) is 5.42. The average Bonchev–Trinajstić information content (AvgIpc) is 2.73. The maximum Gasteiger partial charge on any atom is 0.255 e. The highest BCUT2D eigenvalue weighted by atomic mass is 79.9. The number of carbonyl (C=O) groups excluding carboxylic acids is 1. The van der Waals surface area contributed by atoms with Gasteiger partial charge in [0.05, 0.1) is 4.90 Å². The van der Waals surface area contributed by atoms with E-state index in [1.165, 1.54) is 16.4 Å². The number of hydrogen-bond acceptors (Lipinski definition) is 3. The van der Waals surface area contributed by atoms with Crippen molar-refractivity contribution >= 4 is 37.5 Å². The number of anilines is 1. The molecule has 1 amide bonds. The van der Waals surface area contributed by atoms with Crippen LogP contribution >= 0.6 is 15.9 Å². The summed E-state index contributed by atoms with van der Waals surface area (Å²) in [6.07, 6.45) is 0. The number of nitrogens with zero attached hydrogens (tertiary/aromatic N) is 1. The van der Waals surface area contributed by atoms with Gasteiger partial charge in [-0.1, -0.05) is 73.1 Å². The van der Waals surface area contributed by atoms with E-state index in [-0.39, 0.29) is 22.8 Å². The number of nitrogens with one attached hydrogen (secondary N) is 1. The minimum Gasteiger partial charge on any atom is -0.322 e. The summed E-state index contributed by atoms with van der Waals surface area (Å²) in [5.41, 5.74) is 3.03. The Bertz CT molecular complexity index is 1200. The van der Waals surface area contributed by atoms with Crippen LogP contribution in [0.5, 0.6) is 0 Å². The monoisotopic (exact) mass is 514 g/mol. The molecule has 0 aromatic heterocycles. The molecule has 0 spiro atoms. The van der Waals surface area contributed by atoms with Crippen LogP contribution in [0.2, 0.25) is 0 Å². The van der Waals surface area contributed by atoms with Crippen molar-refractivity contribution in [3.63, 3.8) is 0 Å². The van der Waals surface area contributed by atoms with Gasteiger partial charge in [0.15, 0.2) is 0 Å². The quantitative estimate of drug-likeness (QED) is 0.450. The average molecular weight is 515 g/mol. The van der Waals surface area contributed by atoms with Gasteiger partial charge in [-0.3, -0.25) is 4.79 Å². The Morgan fingerprint density at radius 2 is 1.59 bits per heavy atom. The van der Waals surface area contributed by atoms with Crippen molar-refractivity contribution < 1.29 is 13.2 Å². The highest BCUT2D eigenvalue weighted by Gasteiger charge is 2.21. The van der Waals surface area contributed by atoms with Crippen molar-refractivity contribution in [1.82, 2.24) is 4.31 Å². The number of hydrogen-bond donors (Lipinski definition) is 1. The van der Waals surface area contributed by atoms with Gasteiger partial charge in [0.25, 0.3) is 5.91 Å². The third kappa shape index (κ3) is 5.65. The van der Waals surface area contributed by atoms with Gasteiger partial charge in [0.1, 0.15) is 0 Å². The maximum absolute atomic E-state index is 12.9. The first kappa shape index (κ1) is 24.2. The van der Waals surface area contributed by atoms with Crippen molar-refractivity contribution in [2.45, 2.75) is 37.6 Å².